The molecule has 0 aliphatic carbocycles. The van der Waals surface area contributed by atoms with Gasteiger partial charge in [-0.2, -0.15) is 24.4 Å². The average Bonchev–Trinajstić information content (AvgIpc) is 3.37. The lowest BCUT2D eigenvalue weighted by atomic mass is 10.0. The number of carboxylic acids is 2. The topological polar surface area (TPSA) is 330 Å². The molecule has 0 aromatic heterocycles. The maximum atomic E-state index is 14.4. The monoisotopic (exact) mass is 1060 g/mol. The molecule has 3 rings (SSSR count). The largest absolute Gasteiger partial charge is 0.481 e. The molecule has 0 saturated carbocycles. The van der Waals surface area contributed by atoms with Crippen molar-refractivity contribution in [1.82, 2.24) is 37.2 Å². The highest BCUT2D eigenvalue weighted by molar-refractivity contribution is 7.98. The average molecular weight is 1060 g/mol. The minimum Gasteiger partial charge on any atom is -0.481 e. The van der Waals surface area contributed by atoms with Gasteiger partial charge in [0.05, 0.1) is 6.04 Å². The summed E-state index contributed by atoms with van der Waals surface area (Å²) in [6.45, 7) is 3.76. The molecule has 0 aliphatic rings. The van der Waals surface area contributed by atoms with Gasteiger partial charge in [-0.3, -0.25) is 38.4 Å². The molecular formula is C52H73N9O11S2. The molecule has 0 radical (unpaired) electrons. The molecule has 74 heavy (non-hydrogen) atoms. The highest BCUT2D eigenvalue weighted by Crippen LogP contribution is 2.13. The summed E-state index contributed by atoms with van der Waals surface area (Å²) >= 11 is 5.90. The second-order valence-corrected chi connectivity index (χ2v) is 19.6. The van der Waals surface area contributed by atoms with Gasteiger partial charge in [-0.25, -0.2) is 4.79 Å². The Balaban J connectivity index is 1.92. The second kappa shape index (κ2) is 33.4. The molecule has 0 bridgehead atoms. The lowest BCUT2D eigenvalue weighted by Gasteiger charge is -2.28. The SMILES string of the molecule is CSCC[C@H](N)C(=O)N[C@@H](Cc1ccccc1)C(=O)N[C@@H](Cc1ccccc1)C(=O)N[C@@H](CS)C(=O)N[C@@H](Cc1ccccc1)C(=O)N[C@@H](CCCCN)C(=O)N[C@@H](CCC(=O)O)C(=O)N[C@@H](CC(C)C)C(=O)O. The summed E-state index contributed by atoms with van der Waals surface area (Å²) in [5, 5.41) is 37.7. The van der Waals surface area contributed by atoms with Crippen LogP contribution >= 0.6 is 24.4 Å². The van der Waals surface area contributed by atoms with Crippen molar-refractivity contribution < 1.29 is 53.4 Å². The maximum Gasteiger partial charge on any atom is 0.326 e. The number of carboxylic acid groups (broad SMARTS) is 2. The maximum absolute atomic E-state index is 14.4. The number of amides is 7. The molecule has 13 N–H and O–H groups in total. The van der Waals surface area contributed by atoms with Crippen LogP contribution in [0.3, 0.4) is 0 Å². The van der Waals surface area contributed by atoms with E-state index in [0.29, 0.717) is 36.1 Å². The molecule has 0 aliphatic heterocycles. The number of nitrogens with two attached hydrogens (primary N) is 2. The zero-order valence-corrected chi connectivity index (χ0v) is 43.8. The summed E-state index contributed by atoms with van der Waals surface area (Å²) in [4.78, 5) is 121. The number of hydrogen-bond donors (Lipinski definition) is 12. The number of nitrogens with one attached hydrogen (secondary N) is 7. The molecule has 8 atom stereocenters. The summed E-state index contributed by atoms with van der Waals surface area (Å²) in [7, 11) is 0. The number of hydrogen-bond acceptors (Lipinski definition) is 13. The van der Waals surface area contributed by atoms with Gasteiger partial charge in [0.2, 0.25) is 41.4 Å². The molecule has 0 saturated heterocycles. The first kappa shape index (κ1) is 61.8. The molecule has 0 spiro atoms. The first-order chi connectivity index (χ1) is 35.3. The third-order valence-electron chi connectivity index (χ3n) is 11.7. The molecule has 22 heteroatoms. The molecule has 3 aromatic rings. The van der Waals surface area contributed by atoms with Crippen molar-refractivity contribution in [3.8, 4) is 0 Å². The fourth-order valence-corrected chi connectivity index (χ4v) is 8.40. The van der Waals surface area contributed by atoms with Crippen molar-refractivity contribution in [2.45, 2.75) is 126 Å². The van der Waals surface area contributed by atoms with E-state index in [4.69, 9.17) is 11.5 Å². The summed E-state index contributed by atoms with van der Waals surface area (Å²) in [5.74, 6) is -7.87. The Kier molecular flexibility index (Phi) is 27.9. The highest BCUT2D eigenvalue weighted by atomic mass is 32.2. The summed E-state index contributed by atoms with van der Waals surface area (Å²) in [6, 6.07) is 16.2. The van der Waals surface area contributed by atoms with E-state index in [1.54, 1.807) is 98.8 Å². The van der Waals surface area contributed by atoms with Gasteiger partial charge in [-0.15, -0.1) is 0 Å². The Bertz CT molecular complexity index is 2280. The van der Waals surface area contributed by atoms with Crippen LogP contribution in [-0.2, 0) is 62.4 Å². The molecule has 0 fully saturated rings. The quantitative estimate of drug-likeness (QED) is 0.0296. The van der Waals surface area contributed by atoms with Gasteiger partial charge in [0.25, 0.3) is 0 Å². The van der Waals surface area contributed by atoms with Crippen LogP contribution in [0.1, 0.15) is 75.5 Å². The van der Waals surface area contributed by atoms with E-state index >= 15 is 0 Å². The third-order valence-corrected chi connectivity index (χ3v) is 12.7. The van der Waals surface area contributed by atoms with Crippen molar-refractivity contribution in [3.63, 3.8) is 0 Å². The molecular weight excluding hydrogens is 991 g/mol. The molecule has 404 valence electrons. The fraction of sp³-hybridized carbons (Fsp3) is 0.481. The minimum atomic E-state index is -1.50. The van der Waals surface area contributed by atoms with Crippen molar-refractivity contribution in [1.29, 1.82) is 0 Å². The van der Waals surface area contributed by atoms with Gasteiger partial charge in [0.15, 0.2) is 0 Å². The van der Waals surface area contributed by atoms with E-state index in [1.165, 1.54) is 11.8 Å². The number of thiol groups is 1. The second-order valence-electron chi connectivity index (χ2n) is 18.3. The summed E-state index contributed by atoms with van der Waals surface area (Å²) in [5.41, 5.74) is 13.9. The molecule has 0 unspecified atom stereocenters. The number of benzene rings is 3. The van der Waals surface area contributed by atoms with Crippen LogP contribution in [0.25, 0.3) is 0 Å². The lowest BCUT2D eigenvalue weighted by molar-refractivity contribution is -0.143. The number of carbonyl (C=O) groups is 9. The lowest BCUT2D eigenvalue weighted by Crippen LogP contribution is -2.61. The van der Waals surface area contributed by atoms with E-state index < -0.39 is 114 Å². The van der Waals surface area contributed by atoms with E-state index in [0.717, 1.165) is 5.56 Å². The minimum absolute atomic E-state index is 0.00367. The molecule has 0 heterocycles. The number of rotatable bonds is 34. The fourth-order valence-electron chi connectivity index (χ4n) is 7.65. The van der Waals surface area contributed by atoms with Gasteiger partial charge in [0.1, 0.15) is 42.3 Å². The zero-order chi connectivity index (χ0) is 54.6. The number of aliphatic carboxylic acids is 2. The van der Waals surface area contributed by atoms with Crippen LogP contribution < -0.4 is 48.7 Å². The van der Waals surface area contributed by atoms with Crippen LogP contribution in [0.5, 0.6) is 0 Å². The number of unbranched alkanes of at least 4 members (excludes halogenated alkanes) is 1. The van der Waals surface area contributed by atoms with E-state index in [-0.39, 0.29) is 50.3 Å². The number of thioether (sulfide) groups is 1. The van der Waals surface area contributed by atoms with Crippen LogP contribution in [0.4, 0.5) is 0 Å². The summed E-state index contributed by atoms with van der Waals surface area (Å²) < 4.78 is 0. The summed E-state index contributed by atoms with van der Waals surface area (Å²) in [6.07, 6.45) is 2.06. The molecule has 7 amide bonds. The van der Waals surface area contributed by atoms with E-state index in [9.17, 15) is 53.4 Å². The van der Waals surface area contributed by atoms with E-state index in [1.807, 2.05) is 12.3 Å². The smallest absolute Gasteiger partial charge is 0.326 e. The molecule has 20 nitrogen and oxygen atoms in total. The Morgan fingerprint density at radius 1 is 0.514 bits per heavy atom. The first-order valence-corrected chi connectivity index (χ1v) is 26.6. The van der Waals surface area contributed by atoms with Gasteiger partial charge in [0, 0.05) is 31.4 Å². The Morgan fingerprint density at radius 3 is 1.26 bits per heavy atom. The van der Waals surface area contributed by atoms with Crippen LogP contribution in [0.2, 0.25) is 0 Å². The standard InChI is InChI=1S/C52H73N9O11S2/c1-32(2)27-42(52(71)72)60-47(66)38(22-23-44(62)63)56-46(65)37(21-13-14-25-53)55-48(67)40(29-34-17-9-5-10-18-34)59-51(70)43(31-73)61-50(69)41(30-35-19-11-6-12-20-35)58-49(68)39(28-33-15-7-4-8-16-33)57-45(64)36(54)24-26-74-3/h4-12,15-20,32,36-43,73H,13-14,21-31,53-54H2,1-3H3,(H,55,67)(H,56,65)(H,57,64)(H,58,68)(H,59,70)(H,60,66)(H,61,69)(H,62,63)(H,71,72)/t36-,37-,38-,39-,40-,41-,42-,43-/m0/s1. The Labute approximate surface area is 442 Å². The normalized spacial score (nSPS) is 14.3. The highest BCUT2D eigenvalue weighted by Gasteiger charge is 2.35. The Morgan fingerprint density at radius 2 is 0.878 bits per heavy atom. The Hall–Kier alpha value is -6.49. The zero-order valence-electron chi connectivity index (χ0n) is 42.1. The van der Waals surface area contributed by atoms with Gasteiger partial charge >= 0.3 is 11.9 Å². The van der Waals surface area contributed by atoms with Crippen molar-refractivity contribution in [3.05, 3.63) is 108 Å². The van der Waals surface area contributed by atoms with E-state index in [2.05, 4.69) is 49.8 Å². The van der Waals surface area contributed by atoms with Gasteiger partial charge in [-0.1, -0.05) is 105 Å². The molecule has 3 aromatic carbocycles. The van der Waals surface area contributed by atoms with Gasteiger partial charge in [-0.05, 0) is 79.7 Å². The first-order valence-electron chi connectivity index (χ1n) is 24.6. The number of carbonyl (C=O) groups excluding carboxylic acids is 7. The van der Waals surface area contributed by atoms with Crippen molar-refractivity contribution in [2.24, 2.45) is 17.4 Å². The van der Waals surface area contributed by atoms with Crippen LogP contribution in [0, 0.1) is 5.92 Å². The third kappa shape index (κ3) is 22.7. The van der Waals surface area contributed by atoms with Crippen LogP contribution in [0.15, 0.2) is 91.0 Å². The van der Waals surface area contributed by atoms with Crippen molar-refractivity contribution in [2.75, 3.05) is 24.3 Å². The van der Waals surface area contributed by atoms with Crippen molar-refractivity contribution >= 4 is 77.7 Å². The predicted molar refractivity (Wildman–Crippen MR) is 286 cm³/mol. The predicted octanol–water partition coefficient (Wildman–Crippen LogP) is 1.24. The van der Waals surface area contributed by atoms with Gasteiger partial charge < -0.3 is 58.9 Å². The van der Waals surface area contributed by atoms with Crippen LogP contribution in [-0.4, -0.2) is 136 Å².